The number of nitrogens with zero attached hydrogens (tertiary/aromatic N) is 3. The lowest BCUT2D eigenvalue weighted by atomic mass is 10.1. The van der Waals surface area contributed by atoms with Gasteiger partial charge in [0.05, 0.1) is 29.8 Å². The molecule has 1 aromatic heterocycles. The van der Waals surface area contributed by atoms with E-state index in [2.05, 4.69) is 21.8 Å². The van der Waals surface area contributed by atoms with Gasteiger partial charge in [0.1, 0.15) is 18.2 Å². The summed E-state index contributed by atoms with van der Waals surface area (Å²) in [5.41, 5.74) is 2.50. The number of carbonyl (C=O) groups is 1. The third kappa shape index (κ3) is 5.52. The highest BCUT2D eigenvalue weighted by Gasteiger charge is 2.13. The van der Waals surface area contributed by atoms with E-state index in [1.165, 1.54) is 0 Å². The van der Waals surface area contributed by atoms with Crippen LogP contribution in [0.5, 0.6) is 5.75 Å². The maximum atomic E-state index is 13.3. The van der Waals surface area contributed by atoms with Gasteiger partial charge in [-0.1, -0.05) is 6.58 Å². The van der Waals surface area contributed by atoms with Crippen molar-refractivity contribution in [3.63, 3.8) is 0 Å². The Hall–Kier alpha value is -3.49. The molecule has 1 saturated heterocycles. The maximum absolute atomic E-state index is 13.3. The normalized spacial score (nSPS) is 14.2. The van der Waals surface area contributed by atoms with Crippen molar-refractivity contribution in [2.24, 2.45) is 0 Å². The third-order valence-corrected chi connectivity index (χ3v) is 5.70. The molecule has 0 atom stereocenters. The van der Waals surface area contributed by atoms with Crippen LogP contribution in [0.2, 0.25) is 0 Å². The van der Waals surface area contributed by atoms with Gasteiger partial charge in [0.15, 0.2) is 0 Å². The molecule has 1 N–H and O–H groups in total. The highest BCUT2D eigenvalue weighted by Crippen LogP contribution is 2.19. The first kappa shape index (κ1) is 23.7. The van der Waals surface area contributed by atoms with Crippen LogP contribution < -0.4 is 15.6 Å². The van der Waals surface area contributed by atoms with Crippen molar-refractivity contribution >= 4 is 16.8 Å². The van der Waals surface area contributed by atoms with Crippen LogP contribution in [0.3, 0.4) is 0 Å². The van der Waals surface area contributed by atoms with Gasteiger partial charge in [0.2, 0.25) is 0 Å². The van der Waals surface area contributed by atoms with Gasteiger partial charge in [-0.2, -0.15) is 0 Å². The summed E-state index contributed by atoms with van der Waals surface area (Å²) >= 11 is 0. The molecule has 0 radical (unpaired) electrons. The number of hydrogen-bond donors (Lipinski definition) is 1. The standard InChI is InChI=1S/C26H30N4O4/c1-18(2)17-34-22-8-9-24-23(16-22)26(32)30(19(3)28-24)21-6-4-20(5-7-21)25(31)27-10-11-29-12-14-33-15-13-29/h4-9,16H,1,10-15,17H2,2-3H3,(H,27,31). The fourth-order valence-corrected chi connectivity index (χ4v) is 3.89. The Morgan fingerprint density at radius 2 is 1.91 bits per heavy atom. The molecule has 0 spiro atoms. The molecule has 8 heteroatoms. The zero-order chi connectivity index (χ0) is 24.1. The summed E-state index contributed by atoms with van der Waals surface area (Å²) in [4.78, 5) is 32.7. The van der Waals surface area contributed by atoms with Crippen LogP contribution in [0.25, 0.3) is 16.6 Å². The second-order valence-electron chi connectivity index (χ2n) is 8.48. The van der Waals surface area contributed by atoms with Crippen LogP contribution in [-0.4, -0.2) is 66.4 Å². The predicted molar refractivity (Wildman–Crippen MR) is 132 cm³/mol. The SMILES string of the molecule is C=C(C)COc1ccc2nc(C)n(-c3ccc(C(=O)NCCN4CCOCC4)cc3)c(=O)c2c1. The Kier molecular flexibility index (Phi) is 7.40. The van der Waals surface area contributed by atoms with E-state index in [-0.39, 0.29) is 11.5 Å². The summed E-state index contributed by atoms with van der Waals surface area (Å²) < 4.78 is 12.6. The molecule has 0 unspecified atom stereocenters. The van der Waals surface area contributed by atoms with E-state index >= 15 is 0 Å². The molecule has 0 saturated carbocycles. The molecule has 178 valence electrons. The molecule has 8 nitrogen and oxygen atoms in total. The lowest BCUT2D eigenvalue weighted by Crippen LogP contribution is -2.41. The number of rotatable bonds is 8. The van der Waals surface area contributed by atoms with Gasteiger partial charge in [0, 0.05) is 31.7 Å². The van der Waals surface area contributed by atoms with Gasteiger partial charge in [0.25, 0.3) is 11.5 Å². The summed E-state index contributed by atoms with van der Waals surface area (Å²) in [5, 5.41) is 3.42. The minimum Gasteiger partial charge on any atom is -0.489 e. The van der Waals surface area contributed by atoms with Crippen LogP contribution in [0.1, 0.15) is 23.1 Å². The number of ether oxygens (including phenoxy) is 2. The average molecular weight is 463 g/mol. The van der Waals surface area contributed by atoms with Gasteiger partial charge in [-0.3, -0.25) is 19.1 Å². The average Bonchev–Trinajstić information content (AvgIpc) is 2.84. The number of benzene rings is 2. The van der Waals surface area contributed by atoms with E-state index in [0.29, 0.717) is 46.9 Å². The topological polar surface area (TPSA) is 85.7 Å². The summed E-state index contributed by atoms with van der Waals surface area (Å²) in [7, 11) is 0. The van der Waals surface area contributed by atoms with Gasteiger partial charge in [-0.15, -0.1) is 0 Å². The fourth-order valence-electron chi connectivity index (χ4n) is 3.89. The Labute approximate surface area is 198 Å². The van der Waals surface area contributed by atoms with Gasteiger partial charge < -0.3 is 14.8 Å². The van der Waals surface area contributed by atoms with Crippen molar-refractivity contribution < 1.29 is 14.3 Å². The molecule has 1 aliphatic heterocycles. The van der Waals surface area contributed by atoms with Gasteiger partial charge >= 0.3 is 0 Å². The van der Waals surface area contributed by atoms with Crippen molar-refractivity contribution in [2.75, 3.05) is 46.0 Å². The molecular formula is C26H30N4O4. The Morgan fingerprint density at radius 1 is 1.18 bits per heavy atom. The Morgan fingerprint density at radius 3 is 2.62 bits per heavy atom. The number of nitrogens with one attached hydrogen (secondary N) is 1. The zero-order valence-corrected chi connectivity index (χ0v) is 19.7. The quantitative estimate of drug-likeness (QED) is 0.518. The van der Waals surface area contributed by atoms with E-state index in [9.17, 15) is 9.59 Å². The fraction of sp³-hybridized carbons (Fsp3) is 0.346. The molecule has 0 aliphatic carbocycles. The lowest BCUT2D eigenvalue weighted by molar-refractivity contribution is 0.0383. The van der Waals surface area contributed by atoms with E-state index in [0.717, 1.165) is 38.4 Å². The van der Waals surface area contributed by atoms with Crippen molar-refractivity contribution in [1.82, 2.24) is 19.8 Å². The molecule has 1 aliphatic rings. The molecule has 1 fully saturated rings. The monoisotopic (exact) mass is 462 g/mol. The Balaban J connectivity index is 1.50. The molecule has 4 rings (SSSR count). The minimum atomic E-state index is -0.189. The van der Waals surface area contributed by atoms with Crippen molar-refractivity contribution in [3.8, 4) is 11.4 Å². The first-order valence-electron chi connectivity index (χ1n) is 11.4. The minimum absolute atomic E-state index is 0.139. The van der Waals surface area contributed by atoms with E-state index in [1.54, 1.807) is 54.0 Å². The smallest absolute Gasteiger partial charge is 0.266 e. The molecule has 1 amide bonds. The van der Waals surface area contributed by atoms with Gasteiger partial charge in [-0.25, -0.2) is 4.98 Å². The van der Waals surface area contributed by atoms with Crippen LogP contribution in [0.15, 0.2) is 59.4 Å². The number of aryl methyl sites for hydroxylation is 1. The van der Waals surface area contributed by atoms with Crippen LogP contribution >= 0.6 is 0 Å². The summed E-state index contributed by atoms with van der Waals surface area (Å²) in [6, 6.07) is 12.3. The van der Waals surface area contributed by atoms with E-state index in [1.807, 2.05) is 6.92 Å². The lowest BCUT2D eigenvalue weighted by Gasteiger charge is -2.26. The van der Waals surface area contributed by atoms with Gasteiger partial charge in [-0.05, 0) is 61.9 Å². The number of amides is 1. The van der Waals surface area contributed by atoms with Crippen LogP contribution in [0, 0.1) is 6.92 Å². The Bertz CT molecular complexity index is 1240. The van der Waals surface area contributed by atoms with E-state index < -0.39 is 0 Å². The molecule has 0 bridgehead atoms. The van der Waals surface area contributed by atoms with Crippen molar-refractivity contribution in [3.05, 3.63) is 76.4 Å². The van der Waals surface area contributed by atoms with Crippen LogP contribution in [-0.2, 0) is 4.74 Å². The van der Waals surface area contributed by atoms with Crippen molar-refractivity contribution in [1.29, 1.82) is 0 Å². The molecule has 34 heavy (non-hydrogen) atoms. The summed E-state index contributed by atoms with van der Waals surface area (Å²) in [6.45, 7) is 12.5. The summed E-state index contributed by atoms with van der Waals surface area (Å²) in [6.07, 6.45) is 0. The molecule has 2 aromatic carbocycles. The zero-order valence-electron chi connectivity index (χ0n) is 19.7. The maximum Gasteiger partial charge on any atom is 0.266 e. The van der Waals surface area contributed by atoms with Crippen molar-refractivity contribution in [2.45, 2.75) is 13.8 Å². The molecule has 2 heterocycles. The highest BCUT2D eigenvalue weighted by molar-refractivity contribution is 5.94. The molecular weight excluding hydrogens is 432 g/mol. The first-order valence-corrected chi connectivity index (χ1v) is 11.4. The predicted octanol–water partition coefficient (Wildman–Crippen LogP) is 2.71. The van der Waals surface area contributed by atoms with Crippen LogP contribution in [0.4, 0.5) is 0 Å². The number of morpholine rings is 1. The number of aromatic nitrogens is 2. The third-order valence-electron chi connectivity index (χ3n) is 5.70. The highest BCUT2D eigenvalue weighted by atomic mass is 16.5. The second-order valence-corrected chi connectivity index (χ2v) is 8.48. The molecule has 3 aromatic rings. The first-order chi connectivity index (χ1) is 16.4. The number of carbonyl (C=O) groups excluding carboxylic acids is 1. The number of fused-ring (bicyclic) bond motifs is 1. The largest absolute Gasteiger partial charge is 0.489 e. The summed E-state index contributed by atoms with van der Waals surface area (Å²) in [5.74, 6) is 1.02. The number of hydrogen-bond acceptors (Lipinski definition) is 6. The second kappa shape index (κ2) is 10.6. The van der Waals surface area contributed by atoms with E-state index in [4.69, 9.17) is 9.47 Å².